The van der Waals surface area contributed by atoms with Crippen molar-refractivity contribution in [2.45, 2.75) is 18.6 Å². The highest BCUT2D eigenvalue weighted by molar-refractivity contribution is 6.01. The van der Waals surface area contributed by atoms with Gasteiger partial charge in [0.15, 0.2) is 5.78 Å². The average molecular weight is 352 g/mol. The molecule has 0 aliphatic heterocycles. The van der Waals surface area contributed by atoms with E-state index in [1.807, 2.05) is 30.3 Å². The van der Waals surface area contributed by atoms with E-state index in [9.17, 15) is 14.4 Å². The van der Waals surface area contributed by atoms with Crippen LogP contribution < -0.4 is 10.6 Å². The lowest BCUT2D eigenvalue weighted by Crippen LogP contribution is -2.54. The number of H-pyrrole nitrogens is 1. The van der Waals surface area contributed by atoms with Crippen LogP contribution in [0.1, 0.15) is 16.1 Å². The summed E-state index contributed by atoms with van der Waals surface area (Å²) in [6.45, 7) is 0.417. The first kappa shape index (κ1) is 17.5. The number of benzene rings is 1. The van der Waals surface area contributed by atoms with Crippen LogP contribution in [0.5, 0.6) is 0 Å². The number of carbonyl (C=O) groups is 3. The minimum Gasteiger partial charge on any atom is -0.357 e. The van der Waals surface area contributed by atoms with E-state index in [1.165, 1.54) is 11.0 Å². The second kappa shape index (κ2) is 7.69. The van der Waals surface area contributed by atoms with Gasteiger partial charge in [-0.3, -0.25) is 9.59 Å². The summed E-state index contributed by atoms with van der Waals surface area (Å²) in [6.07, 6.45) is 4.61. The second-order valence-electron chi connectivity index (χ2n) is 6.11. The van der Waals surface area contributed by atoms with E-state index < -0.39 is 12.1 Å². The predicted molar refractivity (Wildman–Crippen MR) is 96.4 cm³/mol. The van der Waals surface area contributed by atoms with Crippen LogP contribution in [0.2, 0.25) is 0 Å². The van der Waals surface area contributed by atoms with E-state index in [-0.39, 0.29) is 17.7 Å². The zero-order valence-electron chi connectivity index (χ0n) is 14.3. The fraction of sp³-hybridized carbons (Fsp3) is 0.211. The summed E-state index contributed by atoms with van der Waals surface area (Å²) in [5.41, 5.74) is 1.38. The van der Waals surface area contributed by atoms with Crippen molar-refractivity contribution in [3.05, 3.63) is 72.1 Å². The summed E-state index contributed by atoms with van der Waals surface area (Å²) in [5.74, 6) is -0.584. The molecule has 0 radical (unpaired) electrons. The molecule has 1 aliphatic carbocycles. The second-order valence-corrected chi connectivity index (χ2v) is 6.11. The van der Waals surface area contributed by atoms with Gasteiger partial charge in [-0.2, -0.15) is 0 Å². The number of aromatic amines is 1. The molecule has 0 bridgehead atoms. The van der Waals surface area contributed by atoms with Gasteiger partial charge in [-0.15, -0.1) is 0 Å². The molecule has 3 amide bonds. The fourth-order valence-corrected chi connectivity index (χ4v) is 2.76. The van der Waals surface area contributed by atoms with Gasteiger partial charge in [0.2, 0.25) is 0 Å². The molecule has 2 aromatic rings. The molecule has 1 heterocycles. The van der Waals surface area contributed by atoms with Crippen molar-refractivity contribution >= 4 is 17.7 Å². The maximum absolute atomic E-state index is 12.4. The number of hydrogen-bond donors (Lipinski definition) is 3. The van der Waals surface area contributed by atoms with Gasteiger partial charge in [-0.1, -0.05) is 36.4 Å². The molecule has 0 unspecified atom stereocenters. The van der Waals surface area contributed by atoms with E-state index in [0.717, 1.165) is 5.56 Å². The van der Waals surface area contributed by atoms with E-state index >= 15 is 0 Å². The van der Waals surface area contributed by atoms with E-state index in [2.05, 4.69) is 15.6 Å². The number of carbonyl (C=O) groups excluding carboxylic acids is 3. The van der Waals surface area contributed by atoms with Gasteiger partial charge in [0, 0.05) is 19.8 Å². The third-order valence-corrected chi connectivity index (χ3v) is 4.16. The molecule has 1 aliphatic rings. The largest absolute Gasteiger partial charge is 0.357 e. The Balaban J connectivity index is 1.60. The van der Waals surface area contributed by atoms with Crippen LogP contribution in [-0.2, 0) is 11.3 Å². The summed E-state index contributed by atoms with van der Waals surface area (Å²) < 4.78 is 0. The molecule has 1 aromatic heterocycles. The van der Waals surface area contributed by atoms with Crippen molar-refractivity contribution in [3.8, 4) is 0 Å². The lowest BCUT2D eigenvalue weighted by molar-refractivity contribution is -0.115. The van der Waals surface area contributed by atoms with Crippen LogP contribution in [0, 0.1) is 0 Å². The van der Waals surface area contributed by atoms with Gasteiger partial charge in [-0.05, 0) is 23.8 Å². The molecule has 2 atom stereocenters. The highest BCUT2D eigenvalue weighted by atomic mass is 16.2. The molecule has 134 valence electrons. The number of amides is 3. The van der Waals surface area contributed by atoms with Gasteiger partial charge in [0.05, 0.1) is 6.04 Å². The van der Waals surface area contributed by atoms with Crippen molar-refractivity contribution < 1.29 is 14.4 Å². The van der Waals surface area contributed by atoms with Gasteiger partial charge >= 0.3 is 6.03 Å². The normalized spacial score (nSPS) is 18.6. The Bertz CT molecular complexity index is 815. The van der Waals surface area contributed by atoms with E-state index in [4.69, 9.17) is 0 Å². The van der Waals surface area contributed by atoms with Crippen LogP contribution in [-0.4, -0.2) is 46.7 Å². The molecule has 7 heteroatoms. The summed E-state index contributed by atoms with van der Waals surface area (Å²) >= 11 is 0. The molecule has 7 nitrogen and oxygen atoms in total. The van der Waals surface area contributed by atoms with Gasteiger partial charge < -0.3 is 20.5 Å². The number of urea groups is 1. The Morgan fingerprint density at radius 2 is 1.88 bits per heavy atom. The summed E-state index contributed by atoms with van der Waals surface area (Å²) in [7, 11) is 1.65. The van der Waals surface area contributed by atoms with Crippen molar-refractivity contribution in [2.24, 2.45) is 0 Å². The Morgan fingerprint density at radius 1 is 1.12 bits per heavy atom. The van der Waals surface area contributed by atoms with Crippen molar-refractivity contribution in [2.75, 3.05) is 7.05 Å². The summed E-state index contributed by atoms with van der Waals surface area (Å²) in [5, 5.41) is 5.44. The minimum atomic E-state index is -0.820. The van der Waals surface area contributed by atoms with Crippen LogP contribution in [0.3, 0.4) is 0 Å². The molecule has 0 saturated heterocycles. The minimum absolute atomic E-state index is 0.247. The van der Waals surface area contributed by atoms with Crippen molar-refractivity contribution in [3.63, 3.8) is 0 Å². The molecule has 1 aromatic carbocycles. The van der Waals surface area contributed by atoms with Gasteiger partial charge in [-0.25, -0.2) is 4.79 Å². The maximum Gasteiger partial charge on any atom is 0.318 e. The SMILES string of the molecule is CN(Cc1ccccc1)C(=O)N[C@@H]1C(=O)C=C[C@H]1NC(=O)c1ccc[nH]1. The smallest absolute Gasteiger partial charge is 0.318 e. The van der Waals surface area contributed by atoms with Crippen molar-refractivity contribution in [1.29, 1.82) is 0 Å². The number of rotatable bonds is 5. The van der Waals surface area contributed by atoms with Crippen LogP contribution in [0.25, 0.3) is 0 Å². The first-order valence-electron chi connectivity index (χ1n) is 8.26. The highest BCUT2D eigenvalue weighted by Crippen LogP contribution is 2.10. The third kappa shape index (κ3) is 4.00. The average Bonchev–Trinajstić information content (AvgIpc) is 3.28. The van der Waals surface area contributed by atoms with Gasteiger partial charge in [0.1, 0.15) is 11.7 Å². The lowest BCUT2D eigenvalue weighted by atomic mass is 10.1. The van der Waals surface area contributed by atoms with Crippen LogP contribution >= 0.6 is 0 Å². The Hall–Kier alpha value is -3.35. The number of nitrogens with zero attached hydrogens (tertiary/aromatic N) is 1. The fourth-order valence-electron chi connectivity index (χ4n) is 2.76. The lowest BCUT2D eigenvalue weighted by Gasteiger charge is -2.24. The first-order chi connectivity index (χ1) is 12.5. The molecule has 0 spiro atoms. The maximum atomic E-state index is 12.4. The zero-order chi connectivity index (χ0) is 18.5. The van der Waals surface area contributed by atoms with E-state index in [0.29, 0.717) is 12.2 Å². The standard InChI is InChI=1S/C19H20N4O3/c1-23(12-13-6-3-2-4-7-13)19(26)22-17-14(9-10-16(17)24)21-18(25)15-8-5-11-20-15/h2-11,14,17,20H,12H2,1H3,(H,21,25)(H,22,26)/t14-,17+/m1/s1. The molecule has 3 N–H and O–H groups in total. The molecular weight excluding hydrogens is 332 g/mol. The molecular formula is C19H20N4O3. The number of nitrogens with one attached hydrogen (secondary N) is 3. The number of ketones is 1. The number of aromatic nitrogens is 1. The third-order valence-electron chi connectivity index (χ3n) is 4.16. The van der Waals surface area contributed by atoms with Crippen LogP contribution in [0.15, 0.2) is 60.8 Å². The summed E-state index contributed by atoms with van der Waals surface area (Å²) in [4.78, 5) is 41.0. The van der Waals surface area contributed by atoms with Gasteiger partial charge in [0.25, 0.3) is 5.91 Å². The highest BCUT2D eigenvalue weighted by Gasteiger charge is 2.33. The first-order valence-corrected chi connectivity index (χ1v) is 8.26. The Morgan fingerprint density at radius 3 is 2.58 bits per heavy atom. The Kier molecular flexibility index (Phi) is 5.17. The zero-order valence-corrected chi connectivity index (χ0v) is 14.3. The molecule has 3 rings (SSSR count). The Labute approximate surface area is 151 Å². The monoisotopic (exact) mass is 352 g/mol. The van der Waals surface area contributed by atoms with Crippen molar-refractivity contribution in [1.82, 2.24) is 20.5 Å². The topological polar surface area (TPSA) is 94.3 Å². The summed E-state index contributed by atoms with van der Waals surface area (Å²) in [6, 6.07) is 11.1. The number of hydrogen-bond acceptors (Lipinski definition) is 3. The quantitative estimate of drug-likeness (QED) is 0.760. The molecule has 0 fully saturated rings. The molecule has 26 heavy (non-hydrogen) atoms. The molecule has 0 saturated carbocycles. The predicted octanol–water partition coefficient (Wildman–Crippen LogP) is 1.46. The van der Waals surface area contributed by atoms with Crippen LogP contribution in [0.4, 0.5) is 4.79 Å². The van der Waals surface area contributed by atoms with E-state index in [1.54, 1.807) is 31.5 Å².